The number of aldehydes is 1. The Morgan fingerprint density at radius 2 is 2.22 bits per heavy atom. The van der Waals surface area contributed by atoms with Crippen LogP contribution < -0.4 is 0 Å². The van der Waals surface area contributed by atoms with Crippen LogP contribution in [0.3, 0.4) is 0 Å². The van der Waals surface area contributed by atoms with Crippen LogP contribution in [0.15, 0.2) is 24.4 Å². The number of aliphatic hydroxyl groups is 1. The molecule has 0 aromatic heterocycles. The molecule has 18 heavy (non-hydrogen) atoms. The number of hydrogen-bond acceptors (Lipinski definition) is 5. The van der Waals surface area contributed by atoms with E-state index in [0.717, 1.165) is 0 Å². The van der Waals surface area contributed by atoms with Crippen LogP contribution in [0, 0.1) is 10.1 Å². The molecule has 0 fully saturated rings. The summed E-state index contributed by atoms with van der Waals surface area (Å²) in [6.45, 7) is 0.395. The van der Waals surface area contributed by atoms with Crippen molar-refractivity contribution in [1.82, 2.24) is 4.90 Å². The highest BCUT2D eigenvalue weighted by atomic mass is 16.6. The maximum absolute atomic E-state index is 10.9. The minimum Gasteiger partial charge on any atom is -0.395 e. The van der Waals surface area contributed by atoms with Gasteiger partial charge in [-0.15, -0.1) is 0 Å². The number of benzene rings is 1. The van der Waals surface area contributed by atoms with E-state index in [1.807, 2.05) is 0 Å². The van der Waals surface area contributed by atoms with Gasteiger partial charge < -0.3 is 10.0 Å². The first-order valence-electron chi connectivity index (χ1n) is 5.32. The van der Waals surface area contributed by atoms with Crippen LogP contribution in [0.4, 0.5) is 5.69 Å². The second-order valence-corrected chi connectivity index (χ2v) is 3.67. The van der Waals surface area contributed by atoms with Crippen LogP contribution in [-0.2, 0) is 0 Å². The van der Waals surface area contributed by atoms with Crippen molar-refractivity contribution in [1.29, 1.82) is 0 Å². The van der Waals surface area contributed by atoms with Gasteiger partial charge in [0.1, 0.15) is 0 Å². The molecule has 1 aromatic carbocycles. The third-order valence-corrected chi connectivity index (χ3v) is 2.39. The Morgan fingerprint density at radius 3 is 2.78 bits per heavy atom. The molecular formula is C12H14N2O4. The van der Waals surface area contributed by atoms with Crippen LogP contribution in [0.5, 0.6) is 0 Å². The topological polar surface area (TPSA) is 83.7 Å². The van der Waals surface area contributed by atoms with Gasteiger partial charge in [0.05, 0.1) is 17.1 Å². The minimum atomic E-state index is -0.529. The molecule has 0 radical (unpaired) electrons. The average Bonchev–Trinajstić information content (AvgIpc) is 2.36. The second kappa shape index (κ2) is 6.51. The van der Waals surface area contributed by atoms with Gasteiger partial charge in [-0.2, -0.15) is 0 Å². The number of rotatable bonds is 6. The van der Waals surface area contributed by atoms with Crippen molar-refractivity contribution in [3.8, 4) is 0 Å². The Bertz CT molecular complexity index is 471. The summed E-state index contributed by atoms with van der Waals surface area (Å²) in [5.74, 6) is 0. The first-order valence-corrected chi connectivity index (χ1v) is 5.32. The van der Waals surface area contributed by atoms with Gasteiger partial charge in [0.15, 0.2) is 6.29 Å². The van der Waals surface area contributed by atoms with Crippen LogP contribution in [0.2, 0.25) is 0 Å². The fourth-order valence-corrected chi connectivity index (χ4v) is 1.45. The van der Waals surface area contributed by atoms with Gasteiger partial charge >= 0.3 is 0 Å². The fraction of sp³-hybridized carbons (Fsp3) is 0.250. The van der Waals surface area contributed by atoms with E-state index >= 15 is 0 Å². The molecule has 0 amide bonds. The zero-order chi connectivity index (χ0) is 13.5. The number of carbonyl (C=O) groups excluding carboxylic acids is 1. The van der Waals surface area contributed by atoms with Crippen LogP contribution >= 0.6 is 0 Å². The summed E-state index contributed by atoms with van der Waals surface area (Å²) in [7, 11) is 1.72. The second-order valence-electron chi connectivity index (χ2n) is 3.67. The van der Waals surface area contributed by atoms with Gasteiger partial charge in [-0.25, -0.2) is 0 Å². The normalized spacial score (nSPS) is 10.6. The molecule has 0 spiro atoms. The van der Waals surface area contributed by atoms with Crippen molar-refractivity contribution >= 4 is 18.0 Å². The smallest absolute Gasteiger partial charge is 0.277 e. The van der Waals surface area contributed by atoms with Gasteiger partial charge in [-0.05, 0) is 12.3 Å². The van der Waals surface area contributed by atoms with E-state index in [4.69, 9.17) is 5.11 Å². The molecule has 1 rings (SSSR count). The molecule has 96 valence electrons. The highest BCUT2D eigenvalue weighted by Crippen LogP contribution is 2.22. The van der Waals surface area contributed by atoms with E-state index < -0.39 is 4.92 Å². The molecular weight excluding hydrogens is 236 g/mol. The highest BCUT2D eigenvalue weighted by molar-refractivity contribution is 5.85. The van der Waals surface area contributed by atoms with Gasteiger partial charge in [0.25, 0.3) is 5.69 Å². The summed E-state index contributed by atoms with van der Waals surface area (Å²) < 4.78 is 0. The van der Waals surface area contributed by atoms with Gasteiger partial charge in [-0.3, -0.25) is 14.9 Å². The quantitative estimate of drug-likeness (QED) is 0.467. The van der Waals surface area contributed by atoms with Crippen LogP contribution in [0.1, 0.15) is 15.9 Å². The SMILES string of the molecule is CN(/C=C\c1c(C=O)cccc1[N+](=O)[O-])CCO. The van der Waals surface area contributed by atoms with Gasteiger partial charge in [0, 0.05) is 25.2 Å². The van der Waals surface area contributed by atoms with Crippen molar-refractivity contribution in [2.45, 2.75) is 0 Å². The summed E-state index contributed by atoms with van der Waals surface area (Å²) in [6.07, 6.45) is 3.67. The summed E-state index contributed by atoms with van der Waals surface area (Å²) in [5.41, 5.74) is 0.411. The number of carbonyl (C=O) groups is 1. The number of nitro groups is 1. The highest BCUT2D eigenvalue weighted by Gasteiger charge is 2.14. The van der Waals surface area contributed by atoms with E-state index in [9.17, 15) is 14.9 Å². The van der Waals surface area contributed by atoms with Gasteiger partial charge in [0.2, 0.25) is 0 Å². The number of nitrogens with zero attached hydrogens (tertiary/aromatic N) is 2. The lowest BCUT2D eigenvalue weighted by Crippen LogP contribution is -2.15. The maximum atomic E-state index is 10.9. The molecule has 0 heterocycles. The van der Waals surface area contributed by atoms with E-state index in [1.54, 1.807) is 18.1 Å². The van der Waals surface area contributed by atoms with E-state index in [1.165, 1.54) is 24.3 Å². The lowest BCUT2D eigenvalue weighted by molar-refractivity contribution is -0.385. The van der Waals surface area contributed by atoms with Crippen molar-refractivity contribution < 1.29 is 14.8 Å². The first-order chi connectivity index (χ1) is 8.60. The molecule has 0 saturated carbocycles. The predicted octanol–water partition coefficient (Wildman–Crippen LogP) is 1.30. The third kappa shape index (κ3) is 3.39. The van der Waals surface area contributed by atoms with Crippen LogP contribution in [0.25, 0.3) is 6.08 Å². The lowest BCUT2D eigenvalue weighted by atomic mass is 10.1. The molecule has 6 nitrogen and oxygen atoms in total. The molecule has 0 aliphatic carbocycles. The Kier molecular flexibility index (Phi) is 5.01. The molecule has 1 aromatic rings. The fourth-order valence-electron chi connectivity index (χ4n) is 1.45. The predicted molar refractivity (Wildman–Crippen MR) is 67.2 cm³/mol. The zero-order valence-electron chi connectivity index (χ0n) is 9.94. The molecule has 0 bridgehead atoms. The maximum Gasteiger partial charge on any atom is 0.277 e. The largest absolute Gasteiger partial charge is 0.395 e. The minimum absolute atomic E-state index is 0.0156. The molecule has 0 aliphatic heterocycles. The van der Waals surface area contributed by atoms with E-state index in [-0.39, 0.29) is 23.4 Å². The third-order valence-electron chi connectivity index (χ3n) is 2.39. The summed E-state index contributed by atoms with van der Waals surface area (Å²) in [4.78, 5) is 22.9. The van der Waals surface area contributed by atoms with Crippen molar-refractivity contribution in [2.24, 2.45) is 0 Å². The zero-order valence-corrected chi connectivity index (χ0v) is 9.94. The monoisotopic (exact) mass is 250 g/mol. The molecule has 0 atom stereocenters. The Hall–Kier alpha value is -2.21. The first kappa shape index (κ1) is 13.9. The molecule has 0 aliphatic rings. The number of aliphatic hydroxyl groups excluding tert-OH is 1. The number of nitro benzene ring substituents is 1. The lowest BCUT2D eigenvalue weighted by Gasteiger charge is -2.11. The van der Waals surface area contributed by atoms with Crippen molar-refractivity contribution in [3.63, 3.8) is 0 Å². The Labute approximate surface area is 104 Å². The average molecular weight is 250 g/mol. The number of hydrogen-bond donors (Lipinski definition) is 1. The summed E-state index contributed by atoms with van der Waals surface area (Å²) in [5, 5.41) is 19.6. The molecule has 0 unspecified atom stereocenters. The molecule has 6 heteroatoms. The van der Waals surface area contributed by atoms with Crippen molar-refractivity contribution in [3.05, 3.63) is 45.6 Å². The van der Waals surface area contributed by atoms with E-state index in [2.05, 4.69) is 0 Å². The molecule has 0 saturated heterocycles. The summed E-state index contributed by atoms with van der Waals surface area (Å²) >= 11 is 0. The number of likely N-dealkylation sites (N-methyl/N-ethyl adjacent to an activating group) is 1. The van der Waals surface area contributed by atoms with Gasteiger partial charge in [-0.1, -0.05) is 12.1 Å². The Balaban J connectivity index is 3.12. The standard InChI is InChI=1S/C12H14N2O4/c1-13(7-8-15)6-5-11-10(9-16)3-2-4-12(11)14(17)18/h2-6,9,15H,7-8H2,1H3/b6-5-. The van der Waals surface area contributed by atoms with Crippen LogP contribution in [-0.4, -0.2) is 41.4 Å². The Morgan fingerprint density at radius 1 is 1.50 bits per heavy atom. The van der Waals surface area contributed by atoms with E-state index in [0.29, 0.717) is 12.8 Å². The molecule has 1 N–H and O–H groups in total. The summed E-state index contributed by atoms with van der Waals surface area (Å²) in [6, 6.07) is 4.33. The van der Waals surface area contributed by atoms with Crippen molar-refractivity contribution in [2.75, 3.05) is 20.2 Å².